The third-order valence-electron chi connectivity index (χ3n) is 6.65. The number of aryl methyl sites for hydroxylation is 1. The van der Waals surface area contributed by atoms with Crippen LogP contribution in [0.25, 0.3) is 11.4 Å². The van der Waals surface area contributed by atoms with Crippen LogP contribution in [0.15, 0.2) is 42.9 Å². The molecule has 11 nitrogen and oxygen atoms in total. The molecule has 37 heavy (non-hydrogen) atoms. The molecule has 0 aliphatic carbocycles. The summed E-state index contributed by atoms with van der Waals surface area (Å²) >= 11 is 0. The van der Waals surface area contributed by atoms with Gasteiger partial charge in [-0.15, -0.1) is 0 Å². The minimum Gasteiger partial charge on any atom is -0.394 e. The van der Waals surface area contributed by atoms with Gasteiger partial charge in [-0.3, -0.25) is 34.9 Å². The van der Waals surface area contributed by atoms with Crippen molar-refractivity contribution < 1.29 is 14.7 Å². The molecular formula is C26H34N8O3. The van der Waals surface area contributed by atoms with E-state index in [1.54, 1.807) is 36.5 Å². The number of amides is 2. The van der Waals surface area contributed by atoms with Gasteiger partial charge in [-0.05, 0) is 64.4 Å². The zero-order chi connectivity index (χ0) is 26.6. The number of nitrogens with zero attached hydrogens (tertiary/aromatic N) is 4. The van der Waals surface area contributed by atoms with Crippen LogP contribution in [0.2, 0.25) is 0 Å². The second-order valence-electron chi connectivity index (χ2n) is 9.80. The van der Waals surface area contributed by atoms with Crippen molar-refractivity contribution in [3.8, 4) is 0 Å². The minimum atomic E-state index is -0.520. The van der Waals surface area contributed by atoms with Crippen LogP contribution in [-0.2, 0) is 9.59 Å². The second kappa shape index (κ2) is 11.0. The first-order valence-electron chi connectivity index (χ1n) is 12.3. The summed E-state index contributed by atoms with van der Waals surface area (Å²) in [5, 5.41) is 17.6. The topological polar surface area (TPSA) is 149 Å². The van der Waals surface area contributed by atoms with Gasteiger partial charge in [0.15, 0.2) is 0 Å². The third kappa shape index (κ3) is 6.25. The van der Waals surface area contributed by atoms with Crippen LogP contribution in [0.4, 0.5) is 11.4 Å². The Morgan fingerprint density at radius 3 is 2.70 bits per heavy atom. The number of β-amino-alcohol motifs (C(OH)–C–C–N with tert-alkyl or cyclic N) is 1. The number of nitrogens with one attached hydrogen (secondary N) is 3. The van der Waals surface area contributed by atoms with Crippen molar-refractivity contribution in [3.63, 3.8) is 0 Å². The van der Waals surface area contributed by atoms with Crippen molar-refractivity contribution in [2.45, 2.75) is 39.2 Å². The van der Waals surface area contributed by atoms with Gasteiger partial charge in [0.05, 0.1) is 54.0 Å². The molecule has 0 unspecified atom stereocenters. The summed E-state index contributed by atoms with van der Waals surface area (Å²) in [6.45, 7) is 7.74. The Bertz CT molecular complexity index is 1310. The quantitative estimate of drug-likeness (QED) is 0.342. The highest BCUT2D eigenvalue weighted by atomic mass is 16.3. The van der Waals surface area contributed by atoms with Gasteiger partial charge in [0.25, 0.3) is 5.91 Å². The number of hydrogen-bond donors (Lipinski definition) is 5. The number of aromatic nitrogens is 2. The molecule has 0 aromatic carbocycles. The fourth-order valence-corrected chi connectivity index (χ4v) is 4.37. The fourth-order valence-electron chi connectivity index (χ4n) is 4.37. The number of carbonyl (C=O) groups is 2. The van der Waals surface area contributed by atoms with Gasteiger partial charge in [0.2, 0.25) is 5.91 Å². The van der Waals surface area contributed by atoms with Crippen LogP contribution in [0.5, 0.6) is 0 Å². The monoisotopic (exact) mass is 506 g/mol. The molecule has 0 saturated carbocycles. The zero-order valence-electron chi connectivity index (χ0n) is 21.4. The van der Waals surface area contributed by atoms with Crippen molar-refractivity contribution >= 4 is 34.6 Å². The maximum Gasteiger partial charge on any atom is 0.273 e. The van der Waals surface area contributed by atoms with E-state index in [-0.39, 0.29) is 23.8 Å². The summed E-state index contributed by atoms with van der Waals surface area (Å²) in [6, 6.07) is 5.15. The highest BCUT2D eigenvalue weighted by molar-refractivity contribution is 6.19. The lowest BCUT2D eigenvalue weighted by Gasteiger charge is -2.30. The molecule has 0 spiro atoms. The van der Waals surface area contributed by atoms with E-state index in [9.17, 15) is 9.59 Å². The molecule has 2 aliphatic rings. The van der Waals surface area contributed by atoms with E-state index < -0.39 is 5.91 Å². The molecule has 1 fully saturated rings. The minimum absolute atomic E-state index is 0.00482. The molecule has 0 bridgehead atoms. The smallest absolute Gasteiger partial charge is 0.273 e. The number of aliphatic hydroxyl groups excluding tert-OH is 1. The highest BCUT2D eigenvalue weighted by Gasteiger charge is 2.32. The highest BCUT2D eigenvalue weighted by Crippen LogP contribution is 2.27. The molecule has 6 N–H and O–H groups in total. The van der Waals surface area contributed by atoms with Crippen LogP contribution in [-0.4, -0.2) is 68.6 Å². The van der Waals surface area contributed by atoms with Gasteiger partial charge in [0.1, 0.15) is 5.70 Å². The van der Waals surface area contributed by atoms with Gasteiger partial charge in [-0.25, -0.2) is 0 Å². The standard InChI is InChI=1S/C26H34N8O3/c1-17-22(13-19(15-28-17)30-23(36)16-33-9-4-8-26(33,2)3)31-25(37)24(27)21-6-5-18(14-29-21)20-7-10-34(32-20)11-12-35/h5-7,10,13-15,32,35H,4,8-9,11-12,16,27H2,1-3H3,(H,30,36)(H,31,37)/b20-18?,24-21-. The van der Waals surface area contributed by atoms with E-state index in [0.717, 1.165) is 30.3 Å². The molecule has 4 heterocycles. The fraction of sp³-hybridized carbons (Fsp3) is 0.385. The predicted molar refractivity (Wildman–Crippen MR) is 142 cm³/mol. The lowest BCUT2D eigenvalue weighted by molar-refractivity contribution is -0.118. The van der Waals surface area contributed by atoms with E-state index in [4.69, 9.17) is 10.8 Å². The summed E-state index contributed by atoms with van der Waals surface area (Å²) in [6.07, 6.45) is 9.03. The van der Waals surface area contributed by atoms with Crippen molar-refractivity contribution in [3.05, 3.63) is 59.1 Å². The van der Waals surface area contributed by atoms with Crippen molar-refractivity contribution in [2.24, 2.45) is 5.73 Å². The zero-order valence-corrected chi connectivity index (χ0v) is 21.4. The first kappa shape index (κ1) is 26.1. The number of nitrogens with two attached hydrogens (primary N) is 1. The van der Waals surface area contributed by atoms with E-state index in [1.165, 1.54) is 0 Å². The molecule has 2 aromatic heterocycles. The number of hydrogen-bond acceptors (Lipinski definition) is 9. The Hall–Kier alpha value is -3.96. The molecule has 1 saturated heterocycles. The van der Waals surface area contributed by atoms with Crippen molar-refractivity contribution in [2.75, 3.05) is 36.9 Å². The molecule has 0 atom stereocenters. The van der Waals surface area contributed by atoms with Crippen LogP contribution in [0.1, 0.15) is 32.4 Å². The Kier molecular flexibility index (Phi) is 7.74. The Labute approximate surface area is 215 Å². The number of hydrazine groups is 1. The number of carbonyl (C=O) groups excluding carboxylic acids is 2. The van der Waals surface area contributed by atoms with Crippen molar-refractivity contribution in [1.29, 1.82) is 0 Å². The largest absolute Gasteiger partial charge is 0.394 e. The predicted octanol–water partition coefficient (Wildman–Crippen LogP) is -0.262. The number of rotatable bonds is 7. The summed E-state index contributed by atoms with van der Waals surface area (Å²) in [7, 11) is 0. The summed E-state index contributed by atoms with van der Waals surface area (Å²) in [5.41, 5.74) is 11.6. The van der Waals surface area contributed by atoms with Crippen molar-refractivity contribution in [1.82, 2.24) is 25.3 Å². The second-order valence-corrected chi connectivity index (χ2v) is 9.80. The third-order valence-corrected chi connectivity index (χ3v) is 6.65. The van der Waals surface area contributed by atoms with E-state index in [0.29, 0.717) is 35.5 Å². The molecule has 11 heteroatoms. The van der Waals surface area contributed by atoms with Gasteiger partial charge in [-0.2, -0.15) is 0 Å². The number of likely N-dealkylation sites (tertiary alicyclic amines) is 1. The van der Waals surface area contributed by atoms with Gasteiger partial charge >= 0.3 is 0 Å². The number of anilines is 2. The van der Waals surface area contributed by atoms with Gasteiger partial charge < -0.3 is 21.5 Å². The van der Waals surface area contributed by atoms with Crippen LogP contribution >= 0.6 is 0 Å². The first-order valence-corrected chi connectivity index (χ1v) is 12.3. The average molecular weight is 507 g/mol. The molecule has 0 radical (unpaired) electrons. The summed E-state index contributed by atoms with van der Waals surface area (Å²) < 4.78 is 0. The number of pyridine rings is 2. The van der Waals surface area contributed by atoms with E-state index in [2.05, 4.69) is 44.8 Å². The molecule has 196 valence electrons. The normalized spacial score (nSPS) is 19.0. The van der Waals surface area contributed by atoms with Gasteiger partial charge in [-0.1, -0.05) is 0 Å². The molecular weight excluding hydrogens is 472 g/mol. The maximum absolute atomic E-state index is 12.9. The molecule has 2 aliphatic heterocycles. The molecule has 2 amide bonds. The van der Waals surface area contributed by atoms with Crippen LogP contribution in [0, 0.1) is 6.92 Å². The molecule has 4 rings (SSSR count). The van der Waals surface area contributed by atoms with E-state index >= 15 is 0 Å². The Morgan fingerprint density at radius 2 is 2.03 bits per heavy atom. The lowest BCUT2D eigenvalue weighted by atomic mass is 10.0. The SMILES string of the molecule is Cc1ncc(NC(=O)CN2CCCC2(C)C)cc1NC(=O)/C(N)=c1\ccc(=C2C=CN(CCO)N2)cn1. The van der Waals surface area contributed by atoms with Crippen LogP contribution < -0.4 is 32.4 Å². The lowest BCUT2D eigenvalue weighted by Crippen LogP contribution is -2.42. The average Bonchev–Trinajstić information content (AvgIpc) is 3.47. The summed E-state index contributed by atoms with van der Waals surface area (Å²) in [4.78, 5) is 36.3. The van der Waals surface area contributed by atoms with E-state index in [1.807, 2.05) is 18.3 Å². The maximum atomic E-state index is 12.9. The first-order chi connectivity index (χ1) is 17.7. The Balaban J connectivity index is 1.44. The summed E-state index contributed by atoms with van der Waals surface area (Å²) in [5.74, 6) is -0.648. The Morgan fingerprint density at radius 1 is 1.22 bits per heavy atom. The van der Waals surface area contributed by atoms with Crippen LogP contribution in [0.3, 0.4) is 0 Å². The number of aliphatic hydroxyl groups is 1. The molecule has 2 aromatic rings. The van der Waals surface area contributed by atoms with Gasteiger partial charge in [0, 0.05) is 23.2 Å².